The lowest BCUT2D eigenvalue weighted by Crippen LogP contribution is -2.44. The zero-order valence-electron chi connectivity index (χ0n) is 16.9. The van der Waals surface area contributed by atoms with Gasteiger partial charge in [-0.15, -0.1) is 0 Å². The minimum atomic E-state index is -1.09. The molecule has 2 fully saturated rings. The van der Waals surface area contributed by atoms with Crippen molar-refractivity contribution in [3.05, 3.63) is 28.3 Å². The summed E-state index contributed by atoms with van der Waals surface area (Å²) in [5.41, 5.74) is 1.74. The number of hydrogen-bond acceptors (Lipinski definition) is 4. The van der Waals surface area contributed by atoms with Gasteiger partial charge in [-0.25, -0.2) is 16.5 Å². The van der Waals surface area contributed by atoms with Crippen molar-refractivity contribution in [2.45, 2.75) is 76.2 Å². The van der Waals surface area contributed by atoms with Crippen LogP contribution in [0.4, 0.5) is 5.82 Å². The van der Waals surface area contributed by atoms with Crippen molar-refractivity contribution in [1.29, 1.82) is 0 Å². The molecule has 0 spiro atoms. The quantitative estimate of drug-likeness (QED) is 0.347. The van der Waals surface area contributed by atoms with Gasteiger partial charge in [0.25, 0.3) is 0 Å². The predicted molar refractivity (Wildman–Crippen MR) is 118 cm³/mol. The van der Waals surface area contributed by atoms with Crippen LogP contribution in [0, 0.1) is 6.57 Å². The summed E-state index contributed by atoms with van der Waals surface area (Å²) in [7, 11) is -1.09. The molecule has 3 atom stereocenters. The van der Waals surface area contributed by atoms with Gasteiger partial charge < -0.3 is 19.0 Å². The molecule has 2 aliphatic heterocycles. The Morgan fingerprint density at radius 1 is 1.29 bits per heavy atom. The van der Waals surface area contributed by atoms with Crippen molar-refractivity contribution in [2.75, 3.05) is 11.5 Å². The second-order valence-corrected chi connectivity index (χ2v) is 15.7. The Hall–Kier alpha value is -1.43. The molecule has 4 heterocycles. The van der Waals surface area contributed by atoms with Gasteiger partial charge in [-0.05, 0) is 34.8 Å². The summed E-state index contributed by atoms with van der Waals surface area (Å²) in [4.78, 5) is 15.9. The van der Waals surface area contributed by atoms with E-state index in [4.69, 9.17) is 21.3 Å². The largest absolute Gasteiger partial charge is 0.361 e. The lowest BCUT2D eigenvalue weighted by atomic mass is 9.98. The topological polar surface area (TPSA) is 47.5 Å². The third kappa shape index (κ3) is 3.98. The smallest absolute Gasteiger partial charge is 0.227 e. The number of ether oxygens (including phenoxy) is 1. The summed E-state index contributed by atoms with van der Waals surface area (Å²) in [5.74, 6) is 0.942. The van der Waals surface area contributed by atoms with Gasteiger partial charge in [0.15, 0.2) is 5.65 Å². The molecular formula is C20H28BrN5OSi. The minimum absolute atomic E-state index is 0.170. The van der Waals surface area contributed by atoms with E-state index in [-0.39, 0.29) is 6.04 Å². The Bertz CT molecular complexity index is 888. The fourth-order valence-corrected chi connectivity index (χ4v) is 5.67. The molecule has 0 aliphatic carbocycles. The van der Waals surface area contributed by atoms with Crippen LogP contribution in [0.2, 0.25) is 25.7 Å². The van der Waals surface area contributed by atoms with E-state index >= 15 is 0 Å². The van der Waals surface area contributed by atoms with Crippen LogP contribution in [0.1, 0.15) is 25.7 Å². The number of rotatable bonds is 6. The zero-order valence-corrected chi connectivity index (χ0v) is 19.4. The number of aromatic nitrogens is 3. The molecule has 4 rings (SSSR count). The molecule has 6 nitrogen and oxygen atoms in total. The summed E-state index contributed by atoms with van der Waals surface area (Å²) < 4.78 is 8.95. The molecule has 2 bridgehead atoms. The number of halogens is 1. The molecule has 0 amide bonds. The molecule has 0 saturated carbocycles. The highest BCUT2D eigenvalue weighted by Gasteiger charge is 2.44. The molecule has 150 valence electrons. The van der Waals surface area contributed by atoms with E-state index in [0.717, 1.165) is 59.8 Å². The van der Waals surface area contributed by atoms with Crippen molar-refractivity contribution in [3.63, 3.8) is 0 Å². The molecular weight excluding hydrogens is 434 g/mol. The molecule has 0 N–H and O–H groups in total. The third-order valence-corrected chi connectivity index (χ3v) is 8.18. The summed E-state index contributed by atoms with van der Waals surface area (Å²) in [6.07, 6.45) is 8.12. The van der Waals surface area contributed by atoms with Gasteiger partial charge in [-0.3, -0.25) is 0 Å². The first-order valence-electron chi connectivity index (χ1n) is 10.1. The standard InChI is InChI=1S/C20H28BrN5OSi/c1-22-14-9-15-5-6-16(10-14)26(15)18-11-23-19-17(21)12-25(20(19)24-18)13-27-7-8-28(2,3)4/h11-12,14-16H,5-10,13H2,2-4H3/t14?,15-,16+. The highest BCUT2D eigenvalue weighted by atomic mass is 79.9. The van der Waals surface area contributed by atoms with Gasteiger partial charge in [0.2, 0.25) is 6.04 Å². The van der Waals surface area contributed by atoms with E-state index in [1.165, 1.54) is 0 Å². The normalized spacial score (nSPS) is 24.7. The SMILES string of the molecule is [C-]#[N+]C1C[C@H]2CC[C@@H](C1)N2c1cnc2c(Br)cn(COCC[Si](C)(C)C)c2n1. The molecule has 1 unspecified atom stereocenters. The number of nitrogens with zero attached hydrogens (tertiary/aromatic N) is 5. The van der Waals surface area contributed by atoms with E-state index in [1.54, 1.807) is 0 Å². The Kier molecular flexibility index (Phi) is 5.51. The maximum absolute atomic E-state index is 7.39. The molecule has 0 radical (unpaired) electrons. The summed E-state index contributed by atoms with van der Waals surface area (Å²) >= 11 is 3.61. The van der Waals surface area contributed by atoms with Gasteiger partial charge in [0, 0.05) is 45.8 Å². The Morgan fingerprint density at radius 2 is 2.00 bits per heavy atom. The van der Waals surface area contributed by atoms with E-state index in [9.17, 15) is 0 Å². The van der Waals surface area contributed by atoms with Crippen molar-refractivity contribution < 1.29 is 4.74 Å². The average molecular weight is 462 g/mol. The van der Waals surface area contributed by atoms with Crippen molar-refractivity contribution in [2.24, 2.45) is 0 Å². The van der Waals surface area contributed by atoms with Crippen molar-refractivity contribution >= 4 is 41.0 Å². The van der Waals surface area contributed by atoms with Gasteiger partial charge in [-0.1, -0.05) is 19.6 Å². The zero-order chi connectivity index (χ0) is 19.9. The Balaban J connectivity index is 1.55. The van der Waals surface area contributed by atoms with E-state index < -0.39 is 8.07 Å². The minimum Gasteiger partial charge on any atom is -0.361 e. The monoisotopic (exact) mass is 461 g/mol. The van der Waals surface area contributed by atoms with Crippen LogP contribution in [0.25, 0.3) is 16.0 Å². The first-order valence-corrected chi connectivity index (χ1v) is 14.6. The highest BCUT2D eigenvalue weighted by molar-refractivity contribution is 9.10. The number of anilines is 1. The number of fused-ring (bicyclic) bond motifs is 3. The highest BCUT2D eigenvalue weighted by Crippen LogP contribution is 2.40. The van der Waals surface area contributed by atoms with Crippen LogP contribution in [0.3, 0.4) is 0 Å². The van der Waals surface area contributed by atoms with Crippen LogP contribution >= 0.6 is 15.9 Å². The van der Waals surface area contributed by atoms with Crippen LogP contribution < -0.4 is 4.90 Å². The molecule has 2 aromatic rings. The first kappa shape index (κ1) is 19.9. The van der Waals surface area contributed by atoms with Crippen LogP contribution in [-0.2, 0) is 11.5 Å². The lowest BCUT2D eigenvalue weighted by molar-refractivity contribution is 0.0898. The molecule has 8 heteroatoms. The molecule has 0 aromatic carbocycles. The van der Waals surface area contributed by atoms with E-state index in [0.29, 0.717) is 18.8 Å². The first-order chi connectivity index (χ1) is 13.4. The molecule has 28 heavy (non-hydrogen) atoms. The fraction of sp³-hybridized carbons (Fsp3) is 0.650. The average Bonchev–Trinajstić information content (AvgIpc) is 3.10. The maximum Gasteiger partial charge on any atom is 0.227 e. The van der Waals surface area contributed by atoms with E-state index in [2.05, 4.69) is 45.3 Å². The molecule has 2 saturated heterocycles. The van der Waals surface area contributed by atoms with Crippen molar-refractivity contribution in [1.82, 2.24) is 14.5 Å². The summed E-state index contributed by atoms with van der Waals surface area (Å²) in [6.45, 7) is 15.8. The molecule has 2 aromatic heterocycles. The predicted octanol–water partition coefficient (Wildman–Crippen LogP) is 4.93. The maximum atomic E-state index is 7.39. The number of hydrogen-bond donors (Lipinski definition) is 0. The van der Waals surface area contributed by atoms with Gasteiger partial charge in [0.1, 0.15) is 18.1 Å². The lowest BCUT2D eigenvalue weighted by Gasteiger charge is -2.35. The second-order valence-electron chi connectivity index (χ2n) is 9.24. The third-order valence-electron chi connectivity index (χ3n) is 5.89. The van der Waals surface area contributed by atoms with Crippen LogP contribution in [0.5, 0.6) is 0 Å². The van der Waals surface area contributed by atoms with Gasteiger partial charge >= 0.3 is 0 Å². The van der Waals surface area contributed by atoms with Crippen molar-refractivity contribution in [3.8, 4) is 0 Å². The summed E-state index contributed by atoms with van der Waals surface area (Å²) in [5, 5.41) is 0. The van der Waals surface area contributed by atoms with E-state index in [1.807, 2.05) is 17.0 Å². The molecule has 2 aliphatic rings. The van der Waals surface area contributed by atoms with Gasteiger partial charge in [-0.2, -0.15) is 0 Å². The summed E-state index contributed by atoms with van der Waals surface area (Å²) in [6, 6.07) is 2.17. The fourth-order valence-electron chi connectivity index (χ4n) is 4.39. The second kappa shape index (κ2) is 7.77. The Morgan fingerprint density at radius 3 is 2.64 bits per heavy atom. The Labute approximate surface area is 176 Å². The van der Waals surface area contributed by atoms with Crippen LogP contribution in [-0.4, -0.2) is 47.3 Å². The van der Waals surface area contributed by atoms with Crippen LogP contribution in [0.15, 0.2) is 16.9 Å². The van der Waals surface area contributed by atoms with Gasteiger partial charge in [0.05, 0.1) is 10.7 Å². The number of piperidine rings is 1.